The van der Waals surface area contributed by atoms with Crippen molar-refractivity contribution >= 4 is 21.8 Å². The van der Waals surface area contributed by atoms with Gasteiger partial charge in [-0.3, -0.25) is 9.59 Å². The number of sulfonamides is 1. The first-order chi connectivity index (χ1) is 12.8. The second-order valence-corrected chi connectivity index (χ2v) is 9.45. The number of amides is 2. The number of rotatable bonds is 6. The maximum atomic E-state index is 12.5. The van der Waals surface area contributed by atoms with Gasteiger partial charge in [0.15, 0.2) is 0 Å². The van der Waals surface area contributed by atoms with E-state index < -0.39 is 10.0 Å². The van der Waals surface area contributed by atoms with Crippen LogP contribution in [0.15, 0.2) is 29.2 Å². The minimum absolute atomic E-state index is 0.0154. The molecular weight excluding hydrogens is 366 g/mol. The number of benzene rings is 1. The lowest BCUT2D eigenvalue weighted by Crippen LogP contribution is -2.35. The van der Waals surface area contributed by atoms with Crippen LogP contribution < -0.4 is 5.32 Å². The zero-order valence-corrected chi connectivity index (χ0v) is 16.7. The van der Waals surface area contributed by atoms with Gasteiger partial charge in [-0.25, -0.2) is 8.42 Å². The highest BCUT2D eigenvalue weighted by Crippen LogP contribution is 2.22. The van der Waals surface area contributed by atoms with Crippen molar-refractivity contribution in [2.24, 2.45) is 5.92 Å². The third kappa shape index (κ3) is 4.32. The van der Waals surface area contributed by atoms with Gasteiger partial charge in [-0.2, -0.15) is 4.31 Å². The van der Waals surface area contributed by atoms with Gasteiger partial charge in [0.1, 0.15) is 0 Å². The van der Waals surface area contributed by atoms with Crippen molar-refractivity contribution in [2.75, 3.05) is 19.6 Å². The largest absolute Gasteiger partial charge is 0.352 e. The first-order valence-corrected chi connectivity index (χ1v) is 10.9. The highest BCUT2D eigenvalue weighted by molar-refractivity contribution is 7.89. The molecule has 1 aromatic rings. The number of likely N-dealkylation sites (tertiary alicyclic amines) is 1. The summed E-state index contributed by atoms with van der Waals surface area (Å²) in [6.07, 6.45) is 2.06. The number of hydrogen-bond donors (Lipinski definition) is 1. The second-order valence-electron chi connectivity index (χ2n) is 7.51. The molecule has 3 rings (SSSR count). The molecule has 7 nitrogen and oxygen atoms in total. The summed E-state index contributed by atoms with van der Waals surface area (Å²) in [5.41, 5.74) is 0.828. The fourth-order valence-corrected chi connectivity index (χ4v) is 5.11. The van der Waals surface area contributed by atoms with Crippen LogP contribution in [0.25, 0.3) is 0 Å². The predicted molar refractivity (Wildman–Crippen MR) is 101 cm³/mol. The van der Waals surface area contributed by atoms with Gasteiger partial charge in [-0.1, -0.05) is 12.1 Å². The summed E-state index contributed by atoms with van der Waals surface area (Å²) in [6, 6.07) is 6.73. The van der Waals surface area contributed by atoms with E-state index in [9.17, 15) is 18.0 Å². The van der Waals surface area contributed by atoms with Crippen molar-refractivity contribution in [3.8, 4) is 0 Å². The lowest BCUT2D eigenvalue weighted by molar-refractivity contribution is -0.130. The Labute approximate surface area is 160 Å². The minimum Gasteiger partial charge on any atom is -0.352 e. The molecule has 27 heavy (non-hydrogen) atoms. The number of hydrogen-bond acceptors (Lipinski definition) is 4. The monoisotopic (exact) mass is 393 g/mol. The maximum absolute atomic E-state index is 12.5. The molecule has 2 heterocycles. The molecule has 0 bridgehead atoms. The Balaban J connectivity index is 1.56. The maximum Gasteiger partial charge on any atom is 0.243 e. The van der Waals surface area contributed by atoms with Crippen molar-refractivity contribution < 1.29 is 18.0 Å². The Morgan fingerprint density at radius 3 is 2.37 bits per heavy atom. The smallest absolute Gasteiger partial charge is 0.243 e. The Morgan fingerprint density at radius 2 is 1.81 bits per heavy atom. The van der Waals surface area contributed by atoms with E-state index in [4.69, 9.17) is 0 Å². The third-order valence-electron chi connectivity index (χ3n) is 5.25. The number of nitrogens with zero attached hydrogens (tertiary/aromatic N) is 2. The summed E-state index contributed by atoms with van der Waals surface area (Å²) in [5.74, 6) is -0.448. The van der Waals surface area contributed by atoms with Crippen LogP contribution in [0.2, 0.25) is 0 Å². The quantitative estimate of drug-likeness (QED) is 0.790. The van der Waals surface area contributed by atoms with Crippen LogP contribution in [0.4, 0.5) is 0 Å². The Kier molecular flexibility index (Phi) is 5.86. The molecular formula is C19H27N3O4S. The van der Waals surface area contributed by atoms with E-state index in [1.807, 2.05) is 13.8 Å². The topological polar surface area (TPSA) is 86.8 Å². The summed E-state index contributed by atoms with van der Waals surface area (Å²) in [5, 5.41) is 2.86. The summed E-state index contributed by atoms with van der Waals surface area (Å²) in [4.78, 5) is 26.3. The average Bonchev–Trinajstić information content (AvgIpc) is 3.30. The van der Waals surface area contributed by atoms with Gasteiger partial charge in [0.25, 0.3) is 0 Å². The van der Waals surface area contributed by atoms with Crippen molar-refractivity contribution in [1.82, 2.24) is 14.5 Å². The number of nitrogens with one attached hydrogen (secondary N) is 1. The van der Waals surface area contributed by atoms with Crippen molar-refractivity contribution in [3.05, 3.63) is 29.8 Å². The molecule has 2 fully saturated rings. The lowest BCUT2D eigenvalue weighted by atomic mass is 10.1. The predicted octanol–water partition coefficient (Wildman–Crippen LogP) is 1.34. The van der Waals surface area contributed by atoms with Gasteiger partial charge in [-0.15, -0.1) is 0 Å². The molecule has 2 aliphatic rings. The SMILES string of the molecule is CC(C)N1CC(C(=O)NCc2ccc(S(=O)(=O)N3CCCC3)cc2)CC1=O. The summed E-state index contributed by atoms with van der Waals surface area (Å²) in [7, 11) is -3.42. The summed E-state index contributed by atoms with van der Waals surface area (Å²) < 4.78 is 26.6. The standard InChI is InChI=1S/C19H27N3O4S/c1-14(2)22-13-16(11-18(22)23)19(24)20-12-15-5-7-17(8-6-15)27(25,26)21-9-3-4-10-21/h5-8,14,16H,3-4,9-13H2,1-2H3,(H,20,24). The van der Waals surface area contributed by atoms with Gasteiger partial charge in [-0.05, 0) is 44.4 Å². The van der Waals surface area contributed by atoms with E-state index in [-0.39, 0.29) is 35.1 Å². The van der Waals surface area contributed by atoms with Crippen LogP contribution >= 0.6 is 0 Å². The molecule has 2 aliphatic heterocycles. The van der Waals surface area contributed by atoms with Crippen LogP contribution in [-0.2, 0) is 26.2 Å². The van der Waals surface area contributed by atoms with Gasteiger partial charge in [0.05, 0.1) is 10.8 Å². The molecule has 2 amide bonds. The summed E-state index contributed by atoms with van der Waals surface area (Å²) >= 11 is 0. The van der Waals surface area contributed by atoms with Crippen LogP contribution in [0.3, 0.4) is 0 Å². The fourth-order valence-electron chi connectivity index (χ4n) is 3.60. The van der Waals surface area contributed by atoms with Gasteiger partial charge >= 0.3 is 0 Å². The molecule has 1 aromatic carbocycles. The zero-order chi connectivity index (χ0) is 19.6. The first kappa shape index (κ1) is 19.8. The van der Waals surface area contributed by atoms with E-state index >= 15 is 0 Å². The Bertz CT molecular complexity index is 799. The molecule has 8 heteroatoms. The van der Waals surface area contributed by atoms with Crippen molar-refractivity contribution in [3.63, 3.8) is 0 Å². The van der Waals surface area contributed by atoms with E-state index in [2.05, 4.69) is 5.32 Å². The molecule has 1 N–H and O–H groups in total. The van der Waals surface area contributed by atoms with Crippen LogP contribution in [-0.4, -0.2) is 55.1 Å². The second kappa shape index (κ2) is 7.98. The van der Waals surface area contributed by atoms with Crippen LogP contribution in [0.1, 0.15) is 38.7 Å². The molecule has 0 radical (unpaired) electrons. The molecule has 148 valence electrons. The first-order valence-electron chi connectivity index (χ1n) is 9.45. The molecule has 1 atom stereocenters. The number of carbonyl (C=O) groups is 2. The highest BCUT2D eigenvalue weighted by atomic mass is 32.2. The Hall–Kier alpha value is -1.93. The molecule has 0 aromatic heterocycles. The van der Waals surface area contributed by atoms with E-state index in [1.54, 1.807) is 29.2 Å². The van der Waals surface area contributed by atoms with E-state index in [0.29, 0.717) is 26.2 Å². The molecule has 1 unspecified atom stereocenters. The van der Waals surface area contributed by atoms with Gasteiger partial charge < -0.3 is 10.2 Å². The van der Waals surface area contributed by atoms with Gasteiger partial charge in [0.2, 0.25) is 21.8 Å². The number of carbonyl (C=O) groups excluding carboxylic acids is 2. The van der Waals surface area contributed by atoms with Crippen molar-refractivity contribution in [2.45, 2.75) is 50.6 Å². The normalized spacial score (nSPS) is 21.2. The third-order valence-corrected chi connectivity index (χ3v) is 7.16. The summed E-state index contributed by atoms with van der Waals surface area (Å²) in [6.45, 7) is 5.80. The molecule has 2 saturated heterocycles. The molecule has 0 aliphatic carbocycles. The highest BCUT2D eigenvalue weighted by Gasteiger charge is 2.35. The fraction of sp³-hybridized carbons (Fsp3) is 0.579. The van der Waals surface area contributed by atoms with Crippen LogP contribution in [0.5, 0.6) is 0 Å². The average molecular weight is 394 g/mol. The minimum atomic E-state index is -3.42. The van der Waals surface area contributed by atoms with Gasteiger partial charge in [0, 0.05) is 38.6 Å². The lowest BCUT2D eigenvalue weighted by Gasteiger charge is -2.20. The van der Waals surface area contributed by atoms with E-state index in [0.717, 1.165) is 18.4 Å². The van der Waals surface area contributed by atoms with Crippen molar-refractivity contribution in [1.29, 1.82) is 0 Å². The Morgan fingerprint density at radius 1 is 1.19 bits per heavy atom. The van der Waals surface area contributed by atoms with Crippen LogP contribution in [0, 0.1) is 5.92 Å². The van der Waals surface area contributed by atoms with E-state index in [1.165, 1.54) is 4.31 Å². The molecule has 0 saturated carbocycles. The zero-order valence-electron chi connectivity index (χ0n) is 15.8. The molecule has 0 spiro atoms.